The van der Waals surface area contributed by atoms with Crippen molar-refractivity contribution in [3.63, 3.8) is 0 Å². The molecule has 1 heterocycles. The molecule has 3 heteroatoms. The molecule has 0 spiro atoms. The van der Waals surface area contributed by atoms with E-state index in [0.29, 0.717) is 19.6 Å². The quantitative estimate of drug-likeness (QED) is 0.781. The lowest BCUT2D eigenvalue weighted by molar-refractivity contribution is 0.162. The molecule has 1 aromatic rings. The molecule has 3 nitrogen and oxygen atoms in total. The van der Waals surface area contributed by atoms with Gasteiger partial charge < -0.3 is 14.6 Å². The van der Waals surface area contributed by atoms with Crippen molar-refractivity contribution in [1.29, 1.82) is 0 Å². The van der Waals surface area contributed by atoms with E-state index in [-0.39, 0.29) is 0 Å². The van der Waals surface area contributed by atoms with Gasteiger partial charge in [-0.3, -0.25) is 0 Å². The van der Waals surface area contributed by atoms with Crippen LogP contribution >= 0.6 is 0 Å². The Kier molecular flexibility index (Phi) is 2.59. The number of fused-ring (bicyclic) bond motifs is 1. The highest BCUT2D eigenvalue weighted by Crippen LogP contribution is 2.33. The van der Waals surface area contributed by atoms with Crippen molar-refractivity contribution < 1.29 is 14.6 Å². The van der Waals surface area contributed by atoms with Crippen LogP contribution in [-0.2, 0) is 0 Å². The van der Waals surface area contributed by atoms with Crippen molar-refractivity contribution in [1.82, 2.24) is 0 Å². The summed E-state index contributed by atoms with van der Waals surface area (Å²) in [6, 6.07) is 5.58. The molecule has 1 atom stereocenters. The first-order valence-corrected chi connectivity index (χ1v) is 4.89. The van der Waals surface area contributed by atoms with Crippen LogP contribution in [0.1, 0.15) is 25.0 Å². The maximum absolute atomic E-state index is 9.63. The molecule has 1 aromatic carbocycles. The Labute approximate surface area is 83.3 Å². The van der Waals surface area contributed by atoms with Gasteiger partial charge in [0.15, 0.2) is 11.5 Å². The Morgan fingerprint density at radius 3 is 2.71 bits per heavy atom. The zero-order chi connectivity index (χ0) is 9.97. The third-order valence-corrected chi connectivity index (χ3v) is 2.34. The van der Waals surface area contributed by atoms with Gasteiger partial charge in [-0.2, -0.15) is 0 Å². The third kappa shape index (κ3) is 1.68. The van der Waals surface area contributed by atoms with Crippen molar-refractivity contribution in [2.24, 2.45) is 0 Å². The lowest BCUT2D eigenvalue weighted by Crippen LogP contribution is -2.15. The molecule has 0 aromatic heterocycles. The van der Waals surface area contributed by atoms with Gasteiger partial charge in [0.2, 0.25) is 0 Å². The van der Waals surface area contributed by atoms with E-state index in [9.17, 15) is 5.11 Å². The van der Waals surface area contributed by atoms with Crippen molar-refractivity contribution in [2.45, 2.75) is 19.4 Å². The summed E-state index contributed by atoms with van der Waals surface area (Å²) in [5.41, 5.74) is 0.886. The SMILES string of the molecule is CC[C@H](O)c1ccc2c(c1)OCCO2. The number of aliphatic hydroxyl groups is 1. The monoisotopic (exact) mass is 194 g/mol. The van der Waals surface area contributed by atoms with Crippen LogP contribution in [-0.4, -0.2) is 18.3 Å². The summed E-state index contributed by atoms with van der Waals surface area (Å²) >= 11 is 0. The standard InChI is InChI=1S/C11H14O3/c1-2-9(12)8-3-4-10-11(7-8)14-6-5-13-10/h3-4,7,9,12H,2,5-6H2,1H3/t9-/m0/s1. The summed E-state index contributed by atoms with van der Waals surface area (Å²) in [5, 5.41) is 9.63. The first-order valence-electron chi connectivity index (χ1n) is 4.89. The van der Waals surface area contributed by atoms with Crippen LogP contribution < -0.4 is 9.47 Å². The highest BCUT2D eigenvalue weighted by Gasteiger charge is 2.14. The molecular formula is C11H14O3. The minimum absolute atomic E-state index is 0.411. The Morgan fingerprint density at radius 2 is 2.00 bits per heavy atom. The van der Waals surface area contributed by atoms with Crippen molar-refractivity contribution >= 4 is 0 Å². The Balaban J connectivity index is 2.29. The number of aliphatic hydroxyl groups excluding tert-OH is 1. The summed E-state index contributed by atoms with van der Waals surface area (Å²) in [4.78, 5) is 0. The summed E-state index contributed by atoms with van der Waals surface area (Å²) < 4.78 is 10.8. The van der Waals surface area contributed by atoms with Crippen LogP contribution in [0.25, 0.3) is 0 Å². The van der Waals surface area contributed by atoms with Crippen LogP contribution in [0.5, 0.6) is 11.5 Å². The summed E-state index contributed by atoms with van der Waals surface area (Å²) in [7, 11) is 0. The van der Waals surface area contributed by atoms with Gasteiger partial charge in [0.05, 0.1) is 6.10 Å². The number of hydrogen-bond donors (Lipinski definition) is 1. The molecule has 0 aliphatic carbocycles. The van der Waals surface area contributed by atoms with Crippen LogP contribution in [0.4, 0.5) is 0 Å². The fourth-order valence-electron chi connectivity index (χ4n) is 1.50. The lowest BCUT2D eigenvalue weighted by atomic mass is 10.1. The van der Waals surface area contributed by atoms with Gasteiger partial charge in [-0.25, -0.2) is 0 Å². The molecule has 0 unspecified atom stereocenters. The fraction of sp³-hybridized carbons (Fsp3) is 0.455. The number of benzene rings is 1. The molecule has 1 aliphatic heterocycles. The number of rotatable bonds is 2. The van der Waals surface area contributed by atoms with E-state index in [4.69, 9.17) is 9.47 Å². The second-order valence-corrected chi connectivity index (χ2v) is 3.33. The average molecular weight is 194 g/mol. The van der Waals surface area contributed by atoms with Crippen molar-refractivity contribution in [2.75, 3.05) is 13.2 Å². The van der Waals surface area contributed by atoms with Gasteiger partial charge in [-0.05, 0) is 24.1 Å². The molecule has 14 heavy (non-hydrogen) atoms. The van der Waals surface area contributed by atoms with E-state index in [2.05, 4.69) is 0 Å². The lowest BCUT2D eigenvalue weighted by Gasteiger charge is -2.19. The molecule has 1 aliphatic rings. The summed E-state index contributed by atoms with van der Waals surface area (Å²) in [6.07, 6.45) is 0.297. The average Bonchev–Trinajstić information content (AvgIpc) is 2.27. The van der Waals surface area contributed by atoms with Gasteiger partial charge in [-0.1, -0.05) is 13.0 Å². The molecule has 0 bridgehead atoms. The minimum Gasteiger partial charge on any atom is -0.486 e. The zero-order valence-electron chi connectivity index (χ0n) is 8.19. The molecular weight excluding hydrogens is 180 g/mol. The van der Waals surface area contributed by atoms with E-state index >= 15 is 0 Å². The van der Waals surface area contributed by atoms with Gasteiger partial charge in [0.25, 0.3) is 0 Å². The molecule has 2 rings (SSSR count). The molecule has 0 radical (unpaired) electrons. The maximum Gasteiger partial charge on any atom is 0.161 e. The highest BCUT2D eigenvalue weighted by atomic mass is 16.6. The Hall–Kier alpha value is -1.22. The van der Waals surface area contributed by atoms with Crippen LogP contribution in [0.3, 0.4) is 0 Å². The zero-order valence-corrected chi connectivity index (χ0v) is 8.19. The van der Waals surface area contributed by atoms with Crippen molar-refractivity contribution in [3.05, 3.63) is 23.8 Å². The Morgan fingerprint density at radius 1 is 1.29 bits per heavy atom. The molecule has 76 valence electrons. The smallest absolute Gasteiger partial charge is 0.161 e. The topological polar surface area (TPSA) is 38.7 Å². The maximum atomic E-state index is 9.63. The van der Waals surface area contributed by atoms with Gasteiger partial charge in [-0.15, -0.1) is 0 Å². The molecule has 0 amide bonds. The molecule has 0 saturated carbocycles. The Bertz CT molecular complexity index is 322. The predicted molar refractivity (Wildman–Crippen MR) is 52.7 cm³/mol. The van der Waals surface area contributed by atoms with Crippen LogP contribution in [0, 0.1) is 0 Å². The van der Waals surface area contributed by atoms with E-state index in [1.807, 2.05) is 25.1 Å². The second-order valence-electron chi connectivity index (χ2n) is 3.33. The van der Waals surface area contributed by atoms with E-state index < -0.39 is 6.10 Å². The normalized spacial score (nSPS) is 16.4. The molecule has 0 saturated heterocycles. The van der Waals surface area contributed by atoms with Crippen LogP contribution in [0.2, 0.25) is 0 Å². The first-order chi connectivity index (χ1) is 6.81. The van der Waals surface area contributed by atoms with Gasteiger partial charge >= 0.3 is 0 Å². The number of ether oxygens (including phenoxy) is 2. The van der Waals surface area contributed by atoms with Crippen LogP contribution in [0.15, 0.2) is 18.2 Å². The van der Waals surface area contributed by atoms with E-state index in [1.54, 1.807) is 0 Å². The van der Waals surface area contributed by atoms with E-state index in [1.165, 1.54) is 0 Å². The number of hydrogen-bond acceptors (Lipinski definition) is 3. The largest absolute Gasteiger partial charge is 0.486 e. The fourth-order valence-corrected chi connectivity index (χ4v) is 1.50. The summed E-state index contributed by atoms with van der Waals surface area (Å²) in [6.45, 7) is 3.13. The summed E-state index contributed by atoms with van der Waals surface area (Å²) in [5.74, 6) is 1.50. The first kappa shape index (κ1) is 9.34. The minimum atomic E-state index is -0.411. The second kappa shape index (κ2) is 3.88. The van der Waals surface area contributed by atoms with Crippen molar-refractivity contribution in [3.8, 4) is 11.5 Å². The van der Waals surface area contributed by atoms with Gasteiger partial charge in [0, 0.05) is 0 Å². The molecule has 1 N–H and O–H groups in total. The third-order valence-electron chi connectivity index (χ3n) is 2.34. The highest BCUT2D eigenvalue weighted by molar-refractivity contribution is 5.44. The molecule has 0 fully saturated rings. The van der Waals surface area contributed by atoms with E-state index in [0.717, 1.165) is 17.1 Å². The predicted octanol–water partition coefficient (Wildman–Crippen LogP) is 1.90. The van der Waals surface area contributed by atoms with Gasteiger partial charge in [0.1, 0.15) is 13.2 Å².